The lowest BCUT2D eigenvalue weighted by molar-refractivity contribution is 0.0941. The van der Waals surface area contributed by atoms with Crippen molar-refractivity contribution in [1.29, 1.82) is 0 Å². The summed E-state index contributed by atoms with van der Waals surface area (Å²) in [6, 6.07) is 8.10. The molecule has 34 heavy (non-hydrogen) atoms. The molecule has 0 unspecified atom stereocenters. The van der Waals surface area contributed by atoms with Crippen LogP contribution in [0, 0.1) is 5.92 Å². The SMILES string of the molecule is O=C(NCCN1CCC(CCc2cccc3c2OCO3)CC1)c1cnccc1N1CCOCC1. The van der Waals surface area contributed by atoms with Gasteiger partial charge in [-0.25, -0.2) is 0 Å². The first kappa shape index (κ1) is 22.9. The largest absolute Gasteiger partial charge is 0.454 e. The van der Waals surface area contributed by atoms with Crippen molar-refractivity contribution in [3.05, 3.63) is 47.8 Å². The van der Waals surface area contributed by atoms with Crippen LogP contribution in [-0.2, 0) is 11.2 Å². The predicted molar refractivity (Wildman–Crippen MR) is 130 cm³/mol. The molecule has 2 saturated heterocycles. The highest BCUT2D eigenvalue weighted by molar-refractivity contribution is 5.99. The summed E-state index contributed by atoms with van der Waals surface area (Å²) in [6.45, 7) is 7.00. The molecular formula is C26H34N4O4. The predicted octanol–water partition coefficient (Wildman–Crippen LogP) is 2.72. The highest BCUT2D eigenvalue weighted by atomic mass is 16.7. The Kier molecular flexibility index (Phi) is 7.46. The molecule has 0 spiro atoms. The number of carbonyl (C=O) groups is 1. The quantitative estimate of drug-likeness (QED) is 0.641. The number of para-hydroxylation sites is 1. The van der Waals surface area contributed by atoms with Gasteiger partial charge in [0.2, 0.25) is 6.79 Å². The number of nitrogens with zero attached hydrogens (tertiary/aromatic N) is 3. The van der Waals surface area contributed by atoms with Crippen molar-refractivity contribution in [3.8, 4) is 11.5 Å². The molecule has 2 aromatic rings. The van der Waals surface area contributed by atoms with Crippen LogP contribution < -0.4 is 19.7 Å². The summed E-state index contributed by atoms with van der Waals surface area (Å²) >= 11 is 0. The van der Waals surface area contributed by atoms with Crippen molar-refractivity contribution >= 4 is 11.6 Å². The van der Waals surface area contributed by atoms with Gasteiger partial charge in [0, 0.05) is 38.6 Å². The Morgan fingerprint density at radius 2 is 1.94 bits per heavy atom. The number of carbonyl (C=O) groups excluding carboxylic acids is 1. The van der Waals surface area contributed by atoms with Crippen molar-refractivity contribution in [2.24, 2.45) is 5.92 Å². The van der Waals surface area contributed by atoms with Crippen molar-refractivity contribution < 1.29 is 19.0 Å². The van der Waals surface area contributed by atoms with Crippen LogP contribution in [0.3, 0.4) is 0 Å². The summed E-state index contributed by atoms with van der Waals surface area (Å²) in [5, 5.41) is 3.10. The first-order valence-corrected chi connectivity index (χ1v) is 12.4. The monoisotopic (exact) mass is 466 g/mol. The Morgan fingerprint density at radius 1 is 1.09 bits per heavy atom. The zero-order chi connectivity index (χ0) is 23.2. The maximum atomic E-state index is 12.9. The van der Waals surface area contributed by atoms with Gasteiger partial charge in [-0.15, -0.1) is 0 Å². The van der Waals surface area contributed by atoms with Gasteiger partial charge in [0.25, 0.3) is 5.91 Å². The summed E-state index contributed by atoms with van der Waals surface area (Å²) in [4.78, 5) is 21.7. The molecule has 0 saturated carbocycles. The summed E-state index contributed by atoms with van der Waals surface area (Å²) < 4.78 is 16.6. The highest BCUT2D eigenvalue weighted by Crippen LogP contribution is 2.36. The number of aromatic nitrogens is 1. The Hall–Kier alpha value is -2.84. The molecule has 8 heteroatoms. The van der Waals surface area contributed by atoms with Crippen LogP contribution in [0.15, 0.2) is 36.7 Å². The molecule has 0 aliphatic carbocycles. The normalized spacial score (nSPS) is 18.8. The zero-order valence-corrected chi connectivity index (χ0v) is 19.7. The summed E-state index contributed by atoms with van der Waals surface area (Å²) in [5.41, 5.74) is 2.84. The van der Waals surface area contributed by atoms with E-state index in [0.29, 0.717) is 32.1 Å². The zero-order valence-electron chi connectivity index (χ0n) is 19.7. The van der Waals surface area contributed by atoms with Gasteiger partial charge in [0.15, 0.2) is 11.5 Å². The average molecular weight is 467 g/mol. The molecule has 3 aliphatic heterocycles. The molecule has 3 aliphatic rings. The Labute approximate surface area is 201 Å². The number of piperidine rings is 1. The van der Waals surface area contributed by atoms with E-state index in [1.165, 1.54) is 24.8 Å². The van der Waals surface area contributed by atoms with E-state index in [0.717, 1.165) is 62.2 Å². The minimum absolute atomic E-state index is 0.0499. The lowest BCUT2D eigenvalue weighted by Gasteiger charge is -2.32. The maximum Gasteiger partial charge on any atom is 0.255 e. The number of ether oxygens (including phenoxy) is 3. The third-order valence-corrected chi connectivity index (χ3v) is 7.12. The van der Waals surface area contributed by atoms with Crippen LogP contribution in [0.5, 0.6) is 11.5 Å². The fourth-order valence-electron chi connectivity index (χ4n) is 5.11. The van der Waals surface area contributed by atoms with E-state index in [1.54, 1.807) is 12.4 Å². The molecule has 0 radical (unpaired) electrons. The van der Waals surface area contributed by atoms with Gasteiger partial charge in [-0.2, -0.15) is 0 Å². The van der Waals surface area contributed by atoms with Crippen LogP contribution in [0.25, 0.3) is 0 Å². The van der Waals surface area contributed by atoms with Gasteiger partial charge < -0.3 is 29.3 Å². The summed E-state index contributed by atoms with van der Waals surface area (Å²) in [6.07, 6.45) is 8.02. The van der Waals surface area contributed by atoms with E-state index in [-0.39, 0.29) is 5.91 Å². The van der Waals surface area contributed by atoms with Crippen LogP contribution in [0.4, 0.5) is 5.69 Å². The number of benzene rings is 1. The van der Waals surface area contributed by atoms with Gasteiger partial charge in [-0.1, -0.05) is 12.1 Å². The first-order valence-electron chi connectivity index (χ1n) is 12.4. The van der Waals surface area contributed by atoms with Crippen LogP contribution in [0.1, 0.15) is 35.2 Å². The van der Waals surface area contributed by atoms with E-state index in [1.807, 2.05) is 12.1 Å². The number of hydrogen-bond acceptors (Lipinski definition) is 7. The lowest BCUT2D eigenvalue weighted by Crippen LogP contribution is -2.40. The third-order valence-electron chi connectivity index (χ3n) is 7.12. The molecule has 0 bridgehead atoms. The molecule has 1 N–H and O–H groups in total. The maximum absolute atomic E-state index is 12.9. The number of fused-ring (bicyclic) bond motifs is 1. The molecule has 1 aromatic heterocycles. The minimum Gasteiger partial charge on any atom is -0.454 e. The van der Waals surface area contributed by atoms with E-state index in [4.69, 9.17) is 14.2 Å². The fourth-order valence-corrected chi connectivity index (χ4v) is 5.11. The number of hydrogen-bond donors (Lipinski definition) is 1. The second-order valence-corrected chi connectivity index (χ2v) is 9.22. The van der Waals surface area contributed by atoms with Crippen LogP contribution in [-0.4, -0.2) is 75.1 Å². The fraction of sp³-hybridized carbons (Fsp3) is 0.538. The number of anilines is 1. The van der Waals surface area contributed by atoms with Crippen LogP contribution >= 0.6 is 0 Å². The lowest BCUT2D eigenvalue weighted by atomic mass is 9.90. The third kappa shape index (κ3) is 5.45. The number of morpholine rings is 1. The van der Waals surface area contributed by atoms with Gasteiger partial charge in [-0.05, 0) is 62.4 Å². The van der Waals surface area contributed by atoms with Gasteiger partial charge >= 0.3 is 0 Å². The van der Waals surface area contributed by atoms with E-state index in [2.05, 4.69) is 32.2 Å². The number of likely N-dealkylation sites (tertiary alicyclic amines) is 1. The molecule has 1 aromatic carbocycles. The van der Waals surface area contributed by atoms with Gasteiger partial charge in [-0.3, -0.25) is 9.78 Å². The Balaban J connectivity index is 1.04. The molecule has 2 fully saturated rings. The second kappa shape index (κ2) is 11.1. The van der Waals surface area contributed by atoms with Gasteiger partial charge in [0.05, 0.1) is 24.5 Å². The molecule has 5 rings (SSSR count). The number of amides is 1. The van der Waals surface area contributed by atoms with Crippen molar-refractivity contribution in [3.63, 3.8) is 0 Å². The standard InChI is InChI=1S/C26H34N4O4/c31-26(22-18-27-9-6-23(22)30-14-16-32-17-15-30)28-10-13-29-11-7-20(8-12-29)4-5-21-2-1-3-24-25(21)34-19-33-24/h1-3,6,9,18,20H,4-5,7-8,10-17,19H2,(H,28,31). The van der Waals surface area contributed by atoms with Crippen molar-refractivity contribution in [2.45, 2.75) is 25.7 Å². The highest BCUT2D eigenvalue weighted by Gasteiger charge is 2.22. The molecule has 182 valence electrons. The molecule has 1 amide bonds. The van der Waals surface area contributed by atoms with E-state index < -0.39 is 0 Å². The first-order chi connectivity index (χ1) is 16.8. The number of aryl methyl sites for hydroxylation is 1. The van der Waals surface area contributed by atoms with Crippen molar-refractivity contribution in [1.82, 2.24) is 15.2 Å². The molecular weight excluding hydrogens is 432 g/mol. The van der Waals surface area contributed by atoms with E-state index in [9.17, 15) is 4.79 Å². The molecule has 0 atom stereocenters. The smallest absolute Gasteiger partial charge is 0.255 e. The topological polar surface area (TPSA) is 76.2 Å². The molecule has 4 heterocycles. The Bertz CT molecular complexity index is 971. The summed E-state index contributed by atoms with van der Waals surface area (Å²) in [5.74, 6) is 2.49. The van der Waals surface area contributed by atoms with Gasteiger partial charge in [0.1, 0.15) is 0 Å². The van der Waals surface area contributed by atoms with Crippen LogP contribution in [0.2, 0.25) is 0 Å². The molecule has 8 nitrogen and oxygen atoms in total. The Morgan fingerprint density at radius 3 is 2.79 bits per heavy atom. The average Bonchev–Trinajstić information content (AvgIpc) is 3.38. The number of pyridine rings is 1. The number of rotatable bonds is 8. The van der Waals surface area contributed by atoms with E-state index >= 15 is 0 Å². The van der Waals surface area contributed by atoms with Crippen molar-refractivity contribution in [2.75, 3.05) is 64.2 Å². The second-order valence-electron chi connectivity index (χ2n) is 9.22. The minimum atomic E-state index is -0.0499. The summed E-state index contributed by atoms with van der Waals surface area (Å²) in [7, 11) is 0. The number of nitrogens with one attached hydrogen (secondary N) is 1.